The zero-order chi connectivity index (χ0) is 15.5. The predicted octanol–water partition coefficient (Wildman–Crippen LogP) is 1.18. The molecule has 1 saturated heterocycles. The summed E-state index contributed by atoms with van der Waals surface area (Å²) in [5.74, 6) is 0.0807. The van der Waals surface area contributed by atoms with Crippen molar-refractivity contribution in [2.24, 2.45) is 0 Å². The van der Waals surface area contributed by atoms with Crippen LogP contribution in [-0.2, 0) is 4.79 Å². The summed E-state index contributed by atoms with van der Waals surface area (Å²) in [7, 11) is 0. The van der Waals surface area contributed by atoms with Crippen LogP contribution in [0.4, 0.5) is 0 Å². The molecule has 2 aromatic rings. The summed E-state index contributed by atoms with van der Waals surface area (Å²) < 4.78 is 1.89. The van der Waals surface area contributed by atoms with Gasteiger partial charge in [-0.1, -0.05) is 0 Å². The molecule has 1 fully saturated rings. The van der Waals surface area contributed by atoms with Gasteiger partial charge in [-0.3, -0.25) is 9.59 Å². The van der Waals surface area contributed by atoms with Crippen molar-refractivity contribution in [1.29, 1.82) is 0 Å². The van der Waals surface area contributed by atoms with Crippen LogP contribution in [0.3, 0.4) is 0 Å². The minimum atomic E-state index is 0.0142. The summed E-state index contributed by atoms with van der Waals surface area (Å²) in [6.07, 6.45) is 5.29. The van der Waals surface area contributed by atoms with E-state index in [9.17, 15) is 9.59 Å². The highest BCUT2D eigenvalue weighted by Crippen LogP contribution is 2.13. The van der Waals surface area contributed by atoms with Crippen molar-refractivity contribution in [2.45, 2.75) is 6.92 Å². The molecule has 0 unspecified atom stereocenters. The van der Waals surface area contributed by atoms with Crippen molar-refractivity contribution in [3.63, 3.8) is 0 Å². The first-order valence-electron chi connectivity index (χ1n) is 7.28. The lowest BCUT2D eigenvalue weighted by Crippen LogP contribution is -2.50. The van der Waals surface area contributed by atoms with Crippen LogP contribution >= 0.6 is 0 Å². The van der Waals surface area contributed by atoms with E-state index in [2.05, 4.69) is 4.98 Å². The fourth-order valence-electron chi connectivity index (χ4n) is 2.59. The third-order valence-corrected chi connectivity index (χ3v) is 3.93. The van der Waals surface area contributed by atoms with Crippen LogP contribution < -0.4 is 0 Å². The molecule has 1 aromatic carbocycles. The van der Waals surface area contributed by atoms with E-state index in [4.69, 9.17) is 0 Å². The standard InChI is InChI=1S/C16H18N4O2/c1-13(21)18-8-10-19(11-9-18)16(22)14-2-4-15(5-3-14)20-7-6-17-12-20/h2-7,12H,8-11H2,1H3. The number of hydrogen-bond donors (Lipinski definition) is 0. The number of carbonyl (C=O) groups excluding carboxylic acids is 2. The Kier molecular flexibility index (Phi) is 3.91. The smallest absolute Gasteiger partial charge is 0.253 e. The van der Waals surface area contributed by atoms with Gasteiger partial charge in [-0.15, -0.1) is 0 Å². The van der Waals surface area contributed by atoms with Crippen LogP contribution in [-0.4, -0.2) is 57.3 Å². The summed E-state index contributed by atoms with van der Waals surface area (Å²) in [5.41, 5.74) is 1.63. The normalized spacial score (nSPS) is 15.0. The third kappa shape index (κ3) is 2.86. The highest BCUT2D eigenvalue weighted by atomic mass is 16.2. The van der Waals surface area contributed by atoms with Crippen LogP contribution in [0, 0.1) is 0 Å². The number of piperazine rings is 1. The molecule has 0 aliphatic carbocycles. The van der Waals surface area contributed by atoms with Gasteiger partial charge in [0, 0.05) is 56.7 Å². The van der Waals surface area contributed by atoms with Gasteiger partial charge in [-0.25, -0.2) is 4.98 Å². The Bertz CT molecular complexity index is 656. The molecule has 0 spiro atoms. The molecule has 2 heterocycles. The molecule has 6 nitrogen and oxygen atoms in total. The van der Waals surface area contributed by atoms with Gasteiger partial charge in [-0.2, -0.15) is 0 Å². The molecule has 0 atom stereocenters. The van der Waals surface area contributed by atoms with Gasteiger partial charge in [0.1, 0.15) is 0 Å². The second-order valence-electron chi connectivity index (χ2n) is 5.32. The first-order chi connectivity index (χ1) is 10.6. The van der Waals surface area contributed by atoms with Gasteiger partial charge in [0.25, 0.3) is 5.91 Å². The van der Waals surface area contributed by atoms with Crippen molar-refractivity contribution < 1.29 is 9.59 Å². The van der Waals surface area contributed by atoms with Crippen molar-refractivity contribution in [2.75, 3.05) is 26.2 Å². The molecule has 0 bridgehead atoms. The van der Waals surface area contributed by atoms with Crippen molar-refractivity contribution in [3.8, 4) is 5.69 Å². The number of carbonyl (C=O) groups is 2. The van der Waals surface area contributed by atoms with Gasteiger partial charge >= 0.3 is 0 Å². The van der Waals surface area contributed by atoms with Gasteiger partial charge in [0.05, 0.1) is 6.33 Å². The minimum absolute atomic E-state index is 0.0142. The topological polar surface area (TPSA) is 58.4 Å². The van der Waals surface area contributed by atoms with Gasteiger partial charge in [-0.05, 0) is 24.3 Å². The summed E-state index contributed by atoms with van der Waals surface area (Å²) in [6, 6.07) is 7.46. The van der Waals surface area contributed by atoms with E-state index in [0.717, 1.165) is 5.69 Å². The maximum Gasteiger partial charge on any atom is 0.253 e. The lowest BCUT2D eigenvalue weighted by atomic mass is 10.1. The zero-order valence-corrected chi connectivity index (χ0v) is 12.5. The van der Waals surface area contributed by atoms with Gasteiger partial charge in [0.2, 0.25) is 5.91 Å². The van der Waals surface area contributed by atoms with E-state index in [1.54, 1.807) is 29.2 Å². The maximum atomic E-state index is 12.5. The molecule has 0 radical (unpaired) electrons. The lowest BCUT2D eigenvalue weighted by Gasteiger charge is -2.34. The summed E-state index contributed by atoms with van der Waals surface area (Å²) in [6.45, 7) is 3.94. The van der Waals surface area contributed by atoms with Crippen LogP contribution in [0.15, 0.2) is 43.0 Å². The van der Waals surface area contributed by atoms with Crippen LogP contribution in [0.1, 0.15) is 17.3 Å². The van der Waals surface area contributed by atoms with Crippen LogP contribution in [0.25, 0.3) is 5.69 Å². The number of aromatic nitrogens is 2. The second kappa shape index (κ2) is 6.01. The predicted molar refractivity (Wildman–Crippen MR) is 81.7 cm³/mol. The minimum Gasteiger partial charge on any atom is -0.339 e. The van der Waals surface area contributed by atoms with E-state index in [1.165, 1.54) is 0 Å². The molecule has 1 aliphatic rings. The van der Waals surface area contributed by atoms with Crippen LogP contribution in [0.2, 0.25) is 0 Å². The lowest BCUT2D eigenvalue weighted by molar-refractivity contribution is -0.130. The molecule has 0 N–H and O–H groups in total. The van der Waals surface area contributed by atoms with Crippen molar-refractivity contribution in [1.82, 2.24) is 19.4 Å². The average molecular weight is 298 g/mol. The molecular weight excluding hydrogens is 280 g/mol. The second-order valence-corrected chi connectivity index (χ2v) is 5.32. The number of nitrogens with zero attached hydrogens (tertiary/aromatic N) is 4. The highest BCUT2D eigenvalue weighted by molar-refractivity contribution is 5.94. The number of amides is 2. The van der Waals surface area contributed by atoms with E-state index in [1.807, 2.05) is 35.0 Å². The van der Waals surface area contributed by atoms with E-state index in [0.29, 0.717) is 31.7 Å². The molecule has 3 rings (SSSR count). The van der Waals surface area contributed by atoms with Gasteiger partial charge in [0.15, 0.2) is 0 Å². The Hall–Kier alpha value is -2.63. The fourth-order valence-corrected chi connectivity index (χ4v) is 2.59. The molecule has 0 saturated carbocycles. The first-order valence-corrected chi connectivity index (χ1v) is 7.28. The summed E-state index contributed by atoms with van der Waals surface area (Å²) in [5, 5.41) is 0. The zero-order valence-electron chi connectivity index (χ0n) is 12.5. The van der Waals surface area contributed by atoms with E-state index >= 15 is 0 Å². The molecule has 6 heteroatoms. The SMILES string of the molecule is CC(=O)N1CCN(C(=O)c2ccc(-n3ccnc3)cc2)CC1. The Morgan fingerprint density at radius 1 is 1.00 bits per heavy atom. The Morgan fingerprint density at radius 3 is 2.18 bits per heavy atom. The number of hydrogen-bond acceptors (Lipinski definition) is 3. The molecule has 1 aliphatic heterocycles. The highest BCUT2D eigenvalue weighted by Gasteiger charge is 2.23. The maximum absolute atomic E-state index is 12.5. The largest absolute Gasteiger partial charge is 0.339 e. The number of rotatable bonds is 2. The van der Waals surface area contributed by atoms with Crippen molar-refractivity contribution >= 4 is 11.8 Å². The summed E-state index contributed by atoms with van der Waals surface area (Å²) >= 11 is 0. The summed E-state index contributed by atoms with van der Waals surface area (Å²) in [4.78, 5) is 31.4. The third-order valence-electron chi connectivity index (χ3n) is 3.93. The molecule has 2 amide bonds. The molecule has 1 aromatic heterocycles. The number of imidazole rings is 1. The quantitative estimate of drug-likeness (QED) is 0.836. The molecular formula is C16H18N4O2. The van der Waals surface area contributed by atoms with E-state index in [-0.39, 0.29) is 11.8 Å². The number of benzene rings is 1. The molecule has 114 valence electrons. The Labute approximate surface area is 129 Å². The van der Waals surface area contributed by atoms with E-state index < -0.39 is 0 Å². The Balaban J connectivity index is 1.67. The van der Waals surface area contributed by atoms with Crippen molar-refractivity contribution in [3.05, 3.63) is 48.5 Å². The fraction of sp³-hybridized carbons (Fsp3) is 0.312. The Morgan fingerprint density at radius 2 is 1.64 bits per heavy atom. The van der Waals surface area contributed by atoms with Gasteiger partial charge < -0.3 is 14.4 Å². The first kappa shape index (κ1) is 14.3. The monoisotopic (exact) mass is 298 g/mol. The van der Waals surface area contributed by atoms with Crippen LogP contribution in [0.5, 0.6) is 0 Å². The average Bonchev–Trinajstić information content (AvgIpc) is 3.09. The molecule has 22 heavy (non-hydrogen) atoms.